The fourth-order valence-electron chi connectivity index (χ4n) is 3.95. The van der Waals surface area contributed by atoms with Crippen molar-refractivity contribution in [2.45, 2.75) is 6.92 Å². The molecule has 0 radical (unpaired) electrons. The van der Waals surface area contributed by atoms with E-state index >= 15 is 0 Å². The van der Waals surface area contributed by atoms with Crippen molar-refractivity contribution in [3.8, 4) is 6.07 Å². The fraction of sp³-hybridized carbons (Fsp3) is 0.240. The molecule has 1 fully saturated rings. The molecule has 3 aliphatic heterocycles. The van der Waals surface area contributed by atoms with Crippen LogP contribution < -0.4 is 41.9 Å². The van der Waals surface area contributed by atoms with E-state index in [1.165, 1.54) is 3.58 Å². The van der Waals surface area contributed by atoms with E-state index in [9.17, 15) is 5.26 Å². The second-order valence-electron chi connectivity index (χ2n) is 7.90. The molecule has 8 nitrogen and oxygen atoms in total. The maximum absolute atomic E-state index is 9.99. The molecule has 2 N–H and O–H groups in total. The van der Waals surface area contributed by atoms with Crippen LogP contribution in [0.5, 0.6) is 0 Å². The first-order chi connectivity index (χ1) is 16.7. The molecule has 0 atom stereocenters. The Bertz CT molecular complexity index is 1220. The van der Waals surface area contributed by atoms with Gasteiger partial charge in [0, 0.05) is 0 Å². The number of ether oxygens (including phenoxy) is 1. The van der Waals surface area contributed by atoms with E-state index in [2.05, 4.69) is 47.9 Å². The van der Waals surface area contributed by atoms with Crippen LogP contribution in [-0.4, -0.2) is 45.0 Å². The normalized spacial score (nSPS) is 18.1. The monoisotopic (exact) mass is 566 g/mol. The third-order valence-electron chi connectivity index (χ3n) is 5.67. The Morgan fingerprint density at radius 3 is 2.71 bits per heavy atom. The Morgan fingerprint density at radius 2 is 1.97 bits per heavy atom. The molecule has 2 aromatic rings. The van der Waals surface area contributed by atoms with Crippen molar-refractivity contribution < 1.29 is 25.9 Å². The summed E-state index contributed by atoms with van der Waals surface area (Å²) in [6.07, 6.45) is 3.87. The quantitative estimate of drug-likeness (QED) is 0.514. The number of nitriles is 1. The summed E-state index contributed by atoms with van der Waals surface area (Å²) in [7, 11) is 0. The van der Waals surface area contributed by atoms with Gasteiger partial charge in [-0.05, 0) is 0 Å². The number of halogens is 1. The maximum atomic E-state index is 9.99. The molecule has 0 aliphatic carbocycles. The number of amidine groups is 1. The number of morpholine rings is 1. The van der Waals surface area contributed by atoms with Gasteiger partial charge in [0.05, 0.1) is 0 Å². The molecule has 9 heteroatoms. The van der Waals surface area contributed by atoms with Crippen molar-refractivity contribution in [2.75, 3.05) is 48.2 Å². The number of hydrogen-bond acceptors (Lipinski definition) is 8. The van der Waals surface area contributed by atoms with Gasteiger partial charge in [0.2, 0.25) is 0 Å². The summed E-state index contributed by atoms with van der Waals surface area (Å²) in [5.41, 5.74) is 7.99. The van der Waals surface area contributed by atoms with Gasteiger partial charge in [-0.1, -0.05) is 0 Å². The summed E-state index contributed by atoms with van der Waals surface area (Å²) in [5.74, 6) is 1.75. The van der Waals surface area contributed by atoms with Gasteiger partial charge in [0.1, 0.15) is 0 Å². The predicted octanol–water partition coefficient (Wildman–Crippen LogP) is 0.521. The van der Waals surface area contributed by atoms with Crippen LogP contribution in [0.4, 0.5) is 17.1 Å². The van der Waals surface area contributed by atoms with E-state index in [0.29, 0.717) is 19.9 Å². The number of anilines is 3. The zero-order valence-electron chi connectivity index (χ0n) is 18.8. The summed E-state index contributed by atoms with van der Waals surface area (Å²) in [4.78, 5) is 11.2. The van der Waals surface area contributed by atoms with E-state index in [-0.39, 0.29) is 0 Å². The molecule has 174 valence electrons. The minimum atomic E-state index is -0.486. The Balaban J connectivity index is 1.29. The number of aliphatic imine (C=N–C) groups is 2. The number of rotatable bonds is 5. The van der Waals surface area contributed by atoms with Crippen molar-refractivity contribution in [1.29, 1.82) is 5.26 Å². The third-order valence-corrected chi connectivity index (χ3v) is 8.18. The average molecular weight is 566 g/mol. The Kier molecular flexibility index (Phi) is 6.78. The molecule has 0 saturated carbocycles. The van der Waals surface area contributed by atoms with Crippen LogP contribution in [0.2, 0.25) is 0 Å². The topological polar surface area (TPSA) is 88.3 Å². The average Bonchev–Trinajstić information content (AvgIpc) is 3.19. The summed E-state index contributed by atoms with van der Waals surface area (Å²) < 4.78 is 8.83. The van der Waals surface area contributed by atoms with Crippen molar-refractivity contribution in [3.05, 3.63) is 69.6 Å². The minimum absolute atomic E-state index is 0.486. The molecule has 0 bridgehead atoms. The molecule has 0 unspecified atom stereocenters. The zero-order valence-corrected chi connectivity index (χ0v) is 21.0. The van der Waals surface area contributed by atoms with E-state index < -0.39 is 21.2 Å². The summed E-state index contributed by atoms with van der Waals surface area (Å²) in [6.45, 7) is 5.57. The molecular weight excluding hydrogens is 541 g/mol. The summed E-state index contributed by atoms with van der Waals surface area (Å²) in [5, 5.41) is 15.4. The van der Waals surface area contributed by atoms with Gasteiger partial charge in [0.25, 0.3) is 0 Å². The molecule has 2 aromatic carbocycles. The fourth-order valence-corrected chi connectivity index (χ4v) is 6.05. The van der Waals surface area contributed by atoms with E-state index in [0.717, 1.165) is 52.9 Å². The van der Waals surface area contributed by atoms with Crippen LogP contribution in [0.25, 0.3) is 3.58 Å². The molecule has 0 aromatic heterocycles. The number of benzene rings is 2. The van der Waals surface area contributed by atoms with Crippen LogP contribution in [0.3, 0.4) is 0 Å². The zero-order chi connectivity index (χ0) is 23.3. The van der Waals surface area contributed by atoms with Crippen LogP contribution >= 0.6 is 0 Å². The first-order valence-corrected chi connectivity index (χ1v) is 13.4. The van der Waals surface area contributed by atoms with Gasteiger partial charge in [-0.3, -0.25) is 0 Å². The van der Waals surface area contributed by atoms with Crippen molar-refractivity contribution in [2.24, 2.45) is 9.98 Å². The second-order valence-corrected chi connectivity index (χ2v) is 10.3. The molecule has 3 aliphatic rings. The van der Waals surface area contributed by atoms with Crippen molar-refractivity contribution in [3.63, 3.8) is 0 Å². The molecule has 0 spiro atoms. The molecule has 3 heterocycles. The molecule has 34 heavy (non-hydrogen) atoms. The van der Waals surface area contributed by atoms with Gasteiger partial charge >= 0.3 is 210 Å². The first kappa shape index (κ1) is 22.4. The Morgan fingerprint density at radius 1 is 1.15 bits per heavy atom. The van der Waals surface area contributed by atoms with Gasteiger partial charge in [-0.15, -0.1) is 0 Å². The van der Waals surface area contributed by atoms with Crippen molar-refractivity contribution in [1.82, 2.24) is 5.43 Å². The second kappa shape index (κ2) is 10.3. The van der Waals surface area contributed by atoms with Gasteiger partial charge < -0.3 is 0 Å². The van der Waals surface area contributed by atoms with Crippen LogP contribution in [0, 0.1) is 11.3 Å². The number of nitrogens with one attached hydrogen (secondary N) is 2. The van der Waals surface area contributed by atoms with E-state index in [1.54, 1.807) is 0 Å². The number of hydrogen-bond donors (Lipinski definition) is 2. The standard InChI is InChI=1S/C25H25IN7O/c1-18-29-17-33(31-18)20-7-5-19(6-8-20)30-25-15-26-23(9-10-28-25)21-3-2-4-24(22(21)16-27)32-11-13-34-14-12-32/h2-10,15,30H,11-14,17H2,1H3,(H,29,31)/q-1. The molecular formula is C25H25IN7O-. The molecule has 0 amide bonds. The van der Waals surface area contributed by atoms with Crippen LogP contribution in [0.1, 0.15) is 18.1 Å². The Hall–Kier alpha value is -3.36. The Labute approximate surface area is 209 Å². The number of allylic oxidation sites excluding steroid dienone is 1. The van der Waals surface area contributed by atoms with Gasteiger partial charge in [0.15, 0.2) is 0 Å². The van der Waals surface area contributed by atoms with Crippen LogP contribution in [-0.2, 0) is 4.74 Å². The van der Waals surface area contributed by atoms with E-state index in [4.69, 9.17) is 4.74 Å². The third kappa shape index (κ3) is 4.93. The van der Waals surface area contributed by atoms with E-state index in [1.807, 2.05) is 54.6 Å². The summed E-state index contributed by atoms with van der Waals surface area (Å²) in [6, 6.07) is 16.8. The number of nitrogens with zero attached hydrogens (tertiary/aromatic N) is 5. The first-order valence-electron chi connectivity index (χ1n) is 11.1. The molecule has 5 rings (SSSR count). The van der Waals surface area contributed by atoms with Gasteiger partial charge in [-0.2, -0.15) is 0 Å². The SMILES string of the molecule is CC1=NCN(c2ccc(NC3=C[I-]C(c4cccc(N5CCOCC5)c4C#N)=CC=N3)cc2)N1. The molecule has 1 saturated heterocycles. The van der Waals surface area contributed by atoms with Crippen LogP contribution in [0.15, 0.2) is 68.4 Å². The van der Waals surface area contributed by atoms with Gasteiger partial charge in [-0.25, -0.2) is 0 Å². The predicted molar refractivity (Wildman–Crippen MR) is 132 cm³/mol. The van der Waals surface area contributed by atoms with Crippen molar-refractivity contribution >= 4 is 32.7 Å². The summed E-state index contributed by atoms with van der Waals surface area (Å²) >= 11 is -0.486. The number of hydrazine groups is 1.